The van der Waals surface area contributed by atoms with Crippen LogP contribution in [0.1, 0.15) is 12.5 Å². The molecule has 2 aromatic rings. The zero-order valence-electron chi connectivity index (χ0n) is 14.3. The molecule has 0 unspecified atom stereocenters. The maximum atomic E-state index is 5.87. The first-order valence-corrected chi connectivity index (χ1v) is 8.96. The zero-order valence-corrected chi connectivity index (χ0v) is 15.9. The van der Waals surface area contributed by atoms with Gasteiger partial charge in [-0.05, 0) is 47.0 Å². The second kappa shape index (κ2) is 7.31. The Kier molecular flexibility index (Phi) is 4.86. The summed E-state index contributed by atoms with van der Waals surface area (Å²) in [6, 6.07) is 7.21. The number of hydrogen-bond acceptors (Lipinski definition) is 8. The Labute approximate surface area is 164 Å². The highest BCUT2D eigenvalue weighted by molar-refractivity contribution is 7.80. The number of nitrogens with two attached hydrogens (primary N) is 1. The number of ether oxygens (including phenoxy) is 3. The molecule has 0 saturated carbocycles. The molecular formula is C15H17N7O3S2. The first-order valence-electron chi connectivity index (χ1n) is 8.14. The Balaban J connectivity index is 1.65. The summed E-state index contributed by atoms with van der Waals surface area (Å²) in [4.78, 5) is 0. The molecule has 27 heavy (non-hydrogen) atoms. The molecule has 2 saturated heterocycles. The van der Waals surface area contributed by atoms with E-state index in [-0.39, 0.29) is 17.3 Å². The van der Waals surface area contributed by atoms with E-state index in [1.807, 2.05) is 24.3 Å². The van der Waals surface area contributed by atoms with Crippen LogP contribution in [0.2, 0.25) is 0 Å². The van der Waals surface area contributed by atoms with Crippen molar-refractivity contribution in [2.75, 3.05) is 13.7 Å². The molecule has 0 amide bonds. The molecule has 1 aromatic heterocycles. The van der Waals surface area contributed by atoms with Crippen molar-refractivity contribution >= 4 is 35.3 Å². The van der Waals surface area contributed by atoms with E-state index in [0.717, 1.165) is 5.69 Å². The van der Waals surface area contributed by atoms with Gasteiger partial charge in [-0.25, -0.2) is 4.68 Å². The predicted octanol–water partition coefficient (Wildman–Crippen LogP) is 0.682. The van der Waals surface area contributed by atoms with E-state index in [4.69, 9.17) is 44.4 Å². The molecule has 12 heteroatoms. The molecule has 4 rings (SSSR count). The minimum Gasteiger partial charge on any atom is -0.497 e. The molecule has 2 bridgehead atoms. The van der Waals surface area contributed by atoms with Gasteiger partial charge in [-0.15, -0.1) is 0 Å². The van der Waals surface area contributed by atoms with Crippen molar-refractivity contribution in [3.8, 4) is 11.4 Å². The summed E-state index contributed by atoms with van der Waals surface area (Å²) in [5.74, 6) is 0.704. The van der Waals surface area contributed by atoms with Crippen LogP contribution >= 0.6 is 24.4 Å². The van der Waals surface area contributed by atoms with E-state index < -0.39 is 6.29 Å². The van der Waals surface area contributed by atoms with Crippen molar-refractivity contribution < 1.29 is 14.2 Å². The number of nitrogens with one attached hydrogen (secondary N) is 1. The predicted molar refractivity (Wildman–Crippen MR) is 102 cm³/mol. The maximum absolute atomic E-state index is 5.87. The SMILES string of the molecule is COc1cccc(-n2nnn([C@@H]3CC(=NNC(N)=S)[C@H]4OC[C@@H]3O4)c2=S)c1. The van der Waals surface area contributed by atoms with Gasteiger partial charge in [0.2, 0.25) is 4.77 Å². The lowest BCUT2D eigenvalue weighted by Gasteiger charge is -2.27. The van der Waals surface area contributed by atoms with Gasteiger partial charge in [0.15, 0.2) is 11.4 Å². The first-order chi connectivity index (χ1) is 13.1. The van der Waals surface area contributed by atoms with Crippen LogP contribution in [0.5, 0.6) is 5.75 Å². The average molecular weight is 407 g/mol. The lowest BCUT2D eigenvalue weighted by atomic mass is 10.0. The Morgan fingerprint density at radius 1 is 1.44 bits per heavy atom. The molecular weight excluding hydrogens is 390 g/mol. The largest absolute Gasteiger partial charge is 0.497 e. The first kappa shape index (κ1) is 18.0. The Morgan fingerprint density at radius 2 is 2.30 bits per heavy atom. The van der Waals surface area contributed by atoms with Gasteiger partial charge in [-0.1, -0.05) is 6.07 Å². The van der Waals surface area contributed by atoms with Crippen molar-refractivity contribution in [2.45, 2.75) is 24.9 Å². The van der Waals surface area contributed by atoms with Crippen LogP contribution in [0.4, 0.5) is 0 Å². The van der Waals surface area contributed by atoms with Crippen LogP contribution in [-0.2, 0) is 9.47 Å². The summed E-state index contributed by atoms with van der Waals surface area (Å²) in [5.41, 5.74) is 9.41. The third-order valence-corrected chi connectivity index (χ3v) is 4.81. The van der Waals surface area contributed by atoms with Crippen molar-refractivity contribution in [1.29, 1.82) is 0 Å². The number of rotatable bonds is 4. The number of methoxy groups -OCH3 is 1. The average Bonchev–Trinajstić information content (AvgIpc) is 3.26. The van der Waals surface area contributed by atoms with E-state index in [1.165, 1.54) is 0 Å². The van der Waals surface area contributed by atoms with Crippen molar-refractivity contribution in [1.82, 2.24) is 25.2 Å². The topological polar surface area (TPSA) is 114 Å². The fraction of sp³-hybridized carbons (Fsp3) is 0.400. The highest BCUT2D eigenvalue weighted by Gasteiger charge is 2.44. The van der Waals surface area contributed by atoms with Gasteiger partial charge in [0.05, 0.1) is 31.2 Å². The lowest BCUT2D eigenvalue weighted by Crippen LogP contribution is -2.39. The lowest BCUT2D eigenvalue weighted by molar-refractivity contribution is -0.0324. The molecule has 1 aromatic carbocycles. The van der Waals surface area contributed by atoms with E-state index >= 15 is 0 Å². The molecule has 3 N–H and O–H groups in total. The quantitative estimate of drug-likeness (QED) is 0.558. The normalized spacial score (nSPS) is 25.5. The molecule has 3 heterocycles. The zero-order chi connectivity index (χ0) is 19.0. The van der Waals surface area contributed by atoms with Gasteiger partial charge >= 0.3 is 0 Å². The summed E-state index contributed by atoms with van der Waals surface area (Å²) in [5, 5.41) is 12.7. The van der Waals surface area contributed by atoms with Crippen LogP contribution in [0.15, 0.2) is 29.4 Å². The van der Waals surface area contributed by atoms with Gasteiger partial charge < -0.3 is 19.9 Å². The second-order valence-electron chi connectivity index (χ2n) is 6.01. The number of benzene rings is 1. The van der Waals surface area contributed by atoms with Gasteiger partial charge in [-0.2, -0.15) is 9.78 Å². The summed E-state index contributed by atoms with van der Waals surface area (Å²) >= 11 is 10.4. The number of hydrazone groups is 1. The van der Waals surface area contributed by atoms with Crippen molar-refractivity contribution in [3.63, 3.8) is 0 Å². The smallest absolute Gasteiger partial charge is 0.221 e. The molecule has 0 spiro atoms. The number of nitrogens with zero attached hydrogens (tertiary/aromatic N) is 5. The highest BCUT2D eigenvalue weighted by atomic mass is 32.1. The number of hydrogen-bond donors (Lipinski definition) is 2. The standard InChI is InChI=1S/C15H17N7O3S2/c1-23-9-4-2-3-8(5-9)21-15(27)22(20-19-21)11-6-10(17-18-14(16)26)13-24-7-12(11)25-13/h2-5,11-13H,6-7H2,1H3,(H3,16,18,26)/t11-,12+,13+/m1/s1. The van der Waals surface area contributed by atoms with Crippen molar-refractivity contribution in [2.24, 2.45) is 10.8 Å². The van der Waals surface area contributed by atoms with Crippen LogP contribution in [-0.4, -0.2) is 56.7 Å². The summed E-state index contributed by atoms with van der Waals surface area (Å²) in [6.45, 7) is 0.412. The maximum Gasteiger partial charge on any atom is 0.221 e. The minimum absolute atomic E-state index is 0.0692. The molecule has 0 aliphatic carbocycles. The van der Waals surface area contributed by atoms with Gasteiger partial charge in [0, 0.05) is 12.5 Å². The fourth-order valence-electron chi connectivity index (χ4n) is 3.08. The Morgan fingerprint density at radius 3 is 3.07 bits per heavy atom. The highest BCUT2D eigenvalue weighted by Crippen LogP contribution is 2.33. The minimum atomic E-state index is -0.518. The molecule has 142 valence electrons. The summed E-state index contributed by atoms with van der Waals surface area (Å²) < 4.78 is 20.4. The second-order valence-corrected chi connectivity index (χ2v) is 6.81. The van der Waals surface area contributed by atoms with Gasteiger partial charge in [0.25, 0.3) is 0 Å². The summed E-state index contributed by atoms with van der Waals surface area (Å²) in [7, 11) is 1.60. The molecule has 0 radical (unpaired) electrons. The van der Waals surface area contributed by atoms with E-state index in [2.05, 4.69) is 21.0 Å². The molecule has 3 atom stereocenters. The molecule has 10 nitrogen and oxygen atoms in total. The Hall–Kier alpha value is -2.41. The number of fused-ring (bicyclic) bond motifs is 2. The van der Waals surface area contributed by atoms with Gasteiger partial charge in [0.1, 0.15) is 11.9 Å². The number of tetrazole rings is 1. The van der Waals surface area contributed by atoms with Crippen LogP contribution in [0, 0.1) is 4.77 Å². The third kappa shape index (κ3) is 3.43. The van der Waals surface area contributed by atoms with Crippen LogP contribution in [0.25, 0.3) is 5.69 Å². The van der Waals surface area contributed by atoms with Crippen LogP contribution < -0.4 is 15.9 Å². The van der Waals surface area contributed by atoms with Crippen LogP contribution in [0.3, 0.4) is 0 Å². The van der Waals surface area contributed by atoms with E-state index in [1.54, 1.807) is 16.5 Å². The number of aromatic nitrogens is 4. The molecule has 2 aliphatic heterocycles. The molecule has 2 aliphatic rings. The summed E-state index contributed by atoms with van der Waals surface area (Å²) in [6.07, 6.45) is -0.188. The number of thiocarbonyl (C=S) groups is 1. The fourth-order valence-corrected chi connectivity index (χ4v) is 3.44. The van der Waals surface area contributed by atoms with Gasteiger partial charge in [-0.3, -0.25) is 5.43 Å². The Bertz CT molecular complexity index is 957. The third-order valence-electron chi connectivity index (χ3n) is 4.35. The van der Waals surface area contributed by atoms with E-state index in [0.29, 0.717) is 29.3 Å². The van der Waals surface area contributed by atoms with E-state index in [9.17, 15) is 0 Å². The molecule has 2 fully saturated rings. The van der Waals surface area contributed by atoms with Crippen molar-refractivity contribution in [3.05, 3.63) is 29.0 Å². The monoisotopic (exact) mass is 407 g/mol.